The first-order valence-electron chi connectivity index (χ1n) is 10.5. The predicted octanol–water partition coefficient (Wildman–Crippen LogP) is 3.83. The van der Waals surface area contributed by atoms with Gasteiger partial charge in [0.05, 0.1) is 18.5 Å². The van der Waals surface area contributed by atoms with Crippen molar-refractivity contribution in [1.82, 2.24) is 19.5 Å². The van der Waals surface area contributed by atoms with E-state index in [-0.39, 0.29) is 6.61 Å². The van der Waals surface area contributed by atoms with Gasteiger partial charge in [-0.1, -0.05) is 54.1 Å². The van der Waals surface area contributed by atoms with Crippen molar-refractivity contribution in [2.45, 2.75) is 0 Å². The Bertz CT molecular complexity index is 1170. The lowest BCUT2D eigenvalue weighted by atomic mass is 10.1. The molecule has 0 unspecified atom stereocenters. The van der Waals surface area contributed by atoms with Gasteiger partial charge >= 0.3 is 0 Å². The number of fused-ring (bicyclic) bond motifs is 1. The summed E-state index contributed by atoms with van der Waals surface area (Å²) >= 11 is 6.09. The van der Waals surface area contributed by atoms with Crippen molar-refractivity contribution in [3.05, 3.63) is 71.9 Å². The third-order valence-electron chi connectivity index (χ3n) is 5.79. The molecular weight excluding hydrogens is 410 g/mol. The summed E-state index contributed by atoms with van der Waals surface area (Å²) in [5, 5.41) is 14.7. The van der Waals surface area contributed by atoms with Crippen LogP contribution >= 0.6 is 11.6 Å². The second kappa shape index (κ2) is 8.67. The van der Waals surface area contributed by atoms with E-state index in [4.69, 9.17) is 21.7 Å². The van der Waals surface area contributed by atoms with E-state index < -0.39 is 0 Å². The van der Waals surface area contributed by atoms with Crippen LogP contribution < -0.4 is 4.90 Å². The van der Waals surface area contributed by atoms with E-state index in [1.807, 2.05) is 53.2 Å². The van der Waals surface area contributed by atoms with Gasteiger partial charge in [-0.05, 0) is 17.7 Å². The summed E-state index contributed by atoms with van der Waals surface area (Å²) in [4.78, 5) is 9.64. The molecule has 0 aliphatic carbocycles. The van der Waals surface area contributed by atoms with Crippen LogP contribution in [0.15, 0.2) is 66.9 Å². The van der Waals surface area contributed by atoms with Crippen LogP contribution in [0.4, 0.5) is 5.82 Å². The minimum absolute atomic E-state index is 0.196. The molecule has 0 amide bonds. The highest BCUT2D eigenvalue weighted by atomic mass is 35.5. The molecule has 2 aromatic carbocycles. The molecule has 0 saturated carbocycles. The molecule has 1 aliphatic rings. The first-order valence-corrected chi connectivity index (χ1v) is 10.9. The van der Waals surface area contributed by atoms with Crippen LogP contribution in [0.3, 0.4) is 0 Å². The zero-order valence-corrected chi connectivity index (χ0v) is 17.9. The molecule has 6 nitrogen and oxygen atoms in total. The number of hydrogen-bond donors (Lipinski definition) is 1. The molecule has 4 aromatic rings. The van der Waals surface area contributed by atoms with Crippen LogP contribution in [-0.2, 0) is 0 Å². The SMILES string of the molecule is OCCN1CCN(c2cc(-c3ccccc3)nc3c(-c4ccc(Cl)cc4)cnn23)CC1. The van der Waals surface area contributed by atoms with Crippen molar-refractivity contribution in [1.29, 1.82) is 0 Å². The Balaban J connectivity index is 1.61. The maximum atomic E-state index is 9.25. The van der Waals surface area contributed by atoms with Gasteiger partial charge in [-0.2, -0.15) is 9.61 Å². The van der Waals surface area contributed by atoms with Crippen molar-refractivity contribution >= 4 is 23.1 Å². The van der Waals surface area contributed by atoms with Gasteiger partial charge in [0.15, 0.2) is 5.65 Å². The van der Waals surface area contributed by atoms with Crippen LogP contribution in [0.5, 0.6) is 0 Å². The van der Waals surface area contributed by atoms with Crippen molar-refractivity contribution in [3.8, 4) is 22.4 Å². The van der Waals surface area contributed by atoms with Crippen LogP contribution in [0.1, 0.15) is 0 Å². The van der Waals surface area contributed by atoms with Gasteiger partial charge in [0, 0.05) is 54.9 Å². The van der Waals surface area contributed by atoms with Gasteiger partial charge in [0.1, 0.15) is 5.82 Å². The fourth-order valence-electron chi connectivity index (χ4n) is 4.10. The number of piperazine rings is 1. The molecule has 31 heavy (non-hydrogen) atoms. The first kappa shape index (κ1) is 20.0. The molecule has 0 bridgehead atoms. The second-order valence-corrected chi connectivity index (χ2v) is 8.15. The molecule has 5 rings (SSSR count). The lowest BCUT2D eigenvalue weighted by Gasteiger charge is -2.35. The molecule has 0 spiro atoms. The van der Waals surface area contributed by atoms with E-state index in [0.717, 1.165) is 66.6 Å². The normalized spacial score (nSPS) is 15.0. The summed E-state index contributed by atoms with van der Waals surface area (Å²) in [5.41, 5.74) is 4.85. The molecule has 0 radical (unpaired) electrons. The largest absolute Gasteiger partial charge is 0.395 e. The number of aliphatic hydroxyl groups excluding tert-OH is 1. The average Bonchev–Trinajstić information content (AvgIpc) is 3.24. The third-order valence-corrected chi connectivity index (χ3v) is 6.04. The summed E-state index contributed by atoms with van der Waals surface area (Å²) in [5.74, 6) is 1.03. The Kier molecular flexibility index (Phi) is 5.59. The molecule has 0 atom stereocenters. The standard InChI is InChI=1S/C24H24ClN5O/c25-20-8-6-18(7-9-20)21-17-26-30-23(29-12-10-28(11-13-29)14-15-31)16-22(27-24(21)30)19-4-2-1-3-5-19/h1-9,16-17,31H,10-15H2. The van der Waals surface area contributed by atoms with E-state index in [1.165, 1.54) is 0 Å². The van der Waals surface area contributed by atoms with Crippen LogP contribution in [0.25, 0.3) is 28.0 Å². The average molecular weight is 434 g/mol. The van der Waals surface area contributed by atoms with Crippen molar-refractivity contribution in [3.63, 3.8) is 0 Å². The van der Waals surface area contributed by atoms with Gasteiger partial charge in [-0.25, -0.2) is 4.98 Å². The van der Waals surface area contributed by atoms with E-state index in [1.54, 1.807) is 0 Å². The van der Waals surface area contributed by atoms with Gasteiger partial charge in [-0.3, -0.25) is 4.90 Å². The monoisotopic (exact) mass is 433 g/mol. The summed E-state index contributed by atoms with van der Waals surface area (Å²) in [6.45, 7) is 4.50. The number of hydrogen-bond acceptors (Lipinski definition) is 5. The highest BCUT2D eigenvalue weighted by Crippen LogP contribution is 2.31. The number of nitrogens with zero attached hydrogens (tertiary/aromatic N) is 5. The van der Waals surface area contributed by atoms with Crippen molar-refractivity contribution < 1.29 is 5.11 Å². The van der Waals surface area contributed by atoms with Crippen LogP contribution in [0.2, 0.25) is 5.02 Å². The molecule has 1 N–H and O–H groups in total. The summed E-state index contributed by atoms with van der Waals surface area (Å²) in [6, 6.07) is 20.2. The van der Waals surface area contributed by atoms with E-state index in [2.05, 4.69) is 28.0 Å². The third kappa shape index (κ3) is 4.02. The van der Waals surface area contributed by atoms with E-state index >= 15 is 0 Å². The predicted molar refractivity (Wildman–Crippen MR) is 125 cm³/mol. The van der Waals surface area contributed by atoms with Crippen LogP contribution in [0, 0.1) is 0 Å². The second-order valence-electron chi connectivity index (χ2n) is 7.72. The highest BCUT2D eigenvalue weighted by molar-refractivity contribution is 6.30. The van der Waals surface area contributed by atoms with Gasteiger partial charge in [0.25, 0.3) is 0 Å². The van der Waals surface area contributed by atoms with Crippen molar-refractivity contribution in [2.75, 3.05) is 44.2 Å². The topological polar surface area (TPSA) is 56.9 Å². The highest BCUT2D eigenvalue weighted by Gasteiger charge is 2.22. The minimum atomic E-state index is 0.196. The van der Waals surface area contributed by atoms with Gasteiger partial charge in [-0.15, -0.1) is 0 Å². The summed E-state index contributed by atoms with van der Waals surface area (Å²) in [6.07, 6.45) is 1.88. The fraction of sp³-hybridized carbons (Fsp3) is 0.250. The number of halogens is 1. The smallest absolute Gasteiger partial charge is 0.165 e. The molecule has 158 valence electrons. The number of benzene rings is 2. The van der Waals surface area contributed by atoms with Crippen LogP contribution in [-0.4, -0.2) is 63.9 Å². The lowest BCUT2D eigenvalue weighted by Crippen LogP contribution is -2.47. The van der Waals surface area contributed by atoms with E-state index in [0.29, 0.717) is 5.02 Å². The Labute approximate surface area is 186 Å². The number of anilines is 1. The minimum Gasteiger partial charge on any atom is -0.395 e. The number of β-amino-alcohol motifs (C(OH)–C–C–N with tert-alkyl or cyclic N) is 1. The summed E-state index contributed by atoms with van der Waals surface area (Å²) < 4.78 is 1.94. The molecule has 1 aliphatic heterocycles. The summed E-state index contributed by atoms with van der Waals surface area (Å²) in [7, 11) is 0. The lowest BCUT2D eigenvalue weighted by molar-refractivity contribution is 0.188. The molecule has 1 saturated heterocycles. The fourth-order valence-corrected chi connectivity index (χ4v) is 4.23. The maximum Gasteiger partial charge on any atom is 0.165 e. The Morgan fingerprint density at radius 3 is 2.35 bits per heavy atom. The van der Waals surface area contributed by atoms with Gasteiger partial charge in [0.2, 0.25) is 0 Å². The number of rotatable bonds is 5. The zero-order valence-electron chi connectivity index (χ0n) is 17.2. The van der Waals surface area contributed by atoms with Gasteiger partial charge < -0.3 is 10.0 Å². The first-order chi connectivity index (χ1) is 15.2. The molecule has 2 aromatic heterocycles. The zero-order chi connectivity index (χ0) is 21.2. The maximum absolute atomic E-state index is 9.25. The Hall–Kier alpha value is -2.93. The Morgan fingerprint density at radius 1 is 0.903 bits per heavy atom. The molecule has 3 heterocycles. The Morgan fingerprint density at radius 2 is 1.65 bits per heavy atom. The number of aromatic nitrogens is 3. The quantitative estimate of drug-likeness (QED) is 0.518. The van der Waals surface area contributed by atoms with Crippen molar-refractivity contribution in [2.24, 2.45) is 0 Å². The molecule has 7 heteroatoms. The number of aliphatic hydroxyl groups is 1. The molecule has 1 fully saturated rings. The molecular formula is C24H24ClN5O. The van der Waals surface area contributed by atoms with E-state index in [9.17, 15) is 5.11 Å².